The van der Waals surface area contributed by atoms with Crippen molar-refractivity contribution < 1.29 is 18.8 Å². The molecule has 1 heterocycles. The number of carbonyl (C=O) groups excluding carboxylic acids is 1. The standard InChI is InChI=1S/C32H44N2O3S/c1-3-4-5-6-7-8-9-10-11-12-13-16-23-37-31-29(20-17-21-30(31)36-2)33-32(35)28-19-15-14-18-27(28)25-34-22-24-38-26-34/h14-15,17-22,24,26H,3-13,16,23,25H2,1-2H3/p+1. The van der Waals surface area contributed by atoms with E-state index in [1.54, 1.807) is 18.4 Å². The van der Waals surface area contributed by atoms with E-state index in [2.05, 4.69) is 16.8 Å². The largest absolute Gasteiger partial charge is 0.493 e. The molecule has 3 rings (SSSR count). The van der Waals surface area contributed by atoms with Gasteiger partial charge in [0.05, 0.1) is 24.8 Å². The molecule has 0 aliphatic carbocycles. The lowest BCUT2D eigenvalue weighted by atomic mass is 10.1. The Morgan fingerprint density at radius 2 is 1.55 bits per heavy atom. The lowest BCUT2D eigenvalue weighted by molar-refractivity contribution is -0.683. The summed E-state index contributed by atoms with van der Waals surface area (Å²) in [4.78, 5) is 13.3. The molecular formula is C32H45N2O3S+. The minimum Gasteiger partial charge on any atom is -0.493 e. The van der Waals surface area contributed by atoms with Crippen LogP contribution in [0.1, 0.15) is 99.9 Å². The zero-order valence-corrected chi connectivity index (χ0v) is 24.1. The highest BCUT2D eigenvalue weighted by Gasteiger charge is 2.18. The minimum absolute atomic E-state index is 0.153. The Labute approximate surface area is 233 Å². The van der Waals surface area contributed by atoms with Gasteiger partial charge >= 0.3 is 0 Å². The second kappa shape index (κ2) is 17.6. The molecule has 0 spiro atoms. The van der Waals surface area contributed by atoms with Crippen LogP contribution in [0.15, 0.2) is 59.6 Å². The quantitative estimate of drug-likeness (QED) is 0.123. The summed E-state index contributed by atoms with van der Waals surface area (Å²) in [6.07, 6.45) is 17.7. The normalized spacial score (nSPS) is 10.9. The smallest absolute Gasteiger partial charge is 0.256 e. The monoisotopic (exact) mass is 537 g/mol. The Morgan fingerprint density at radius 1 is 0.868 bits per heavy atom. The summed E-state index contributed by atoms with van der Waals surface area (Å²) >= 11 is 1.63. The first kappa shape index (κ1) is 29.7. The van der Waals surface area contributed by atoms with Gasteiger partial charge in [-0.3, -0.25) is 4.79 Å². The highest BCUT2D eigenvalue weighted by Crippen LogP contribution is 2.35. The molecule has 0 saturated heterocycles. The molecule has 38 heavy (non-hydrogen) atoms. The lowest BCUT2D eigenvalue weighted by Crippen LogP contribution is -2.32. The maximum Gasteiger partial charge on any atom is 0.256 e. The first-order valence-electron chi connectivity index (χ1n) is 14.3. The molecule has 0 aliphatic rings. The number of amides is 1. The van der Waals surface area contributed by atoms with Gasteiger partial charge in [-0.25, -0.2) is 0 Å². The van der Waals surface area contributed by atoms with Gasteiger partial charge < -0.3 is 14.8 Å². The Morgan fingerprint density at radius 3 is 2.21 bits per heavy atom. The number of thiazole rings is 1. The van der Waals surface area contributed by atoms with E-state index in [9.17, 15) is 4.79 Å². The van der Waals surface area contributed by atoms with Gasteiger partial charge in [0.25, 0.3) is 5.91 Å². The number of para-hydroxylation sites is 1. The van der Waals surface area contributed by atoms with Crippen molar-refractivity contribution in [1.82, 2.24) is 0 Å². The van der Waals surface area contributed by atoms with E-state index < -0.39 is 0 Å². The number of aromatic nitrogens is 1. The summed E-state index contributed by atoms with van der Waals surface area (Å²) in [5, 5.41) is 5.09. The van der Waals surface area contributed by atoms with Crippen LogP contribution in [0.3, 0.4) is 0 Å². The van der Waals surface area contributed by atoms with E-state index in [0.717, 1.165) is 18.4 Å². The van der Waals surface area contributed by atoms with E-state index in [1.807, 2.05) is 59.6 Å². The van der Waals surface area contributed by atoms with Crippen LogP contribution in [0.2, 0.25) is 0 Å². The van der Waals surface area contributed by atoms with Crippen LogP contribution in [-0.4, -0.2) is 19.6 Å². The molecule has 1 N–H and O–H groups in total. The molecule has 1 aromatic heterocycles. The minimum atomic E-state index is -0.153. The number of benzene rings is 2. The fraction of sp³-hybridized carbons (Fsp3) is 0.500. The molecule has 5 nitrogen and oxygen atoms in total. The van der Waals surface area contributed by atoms with Crippen molar-refractivity contribution in [2.45, 2.75) is 90.5 Å². The summed E-state index contributed by atoms with van der Waals surface area (Å²) in [5.41, 5.74) is 4.29. The van der Waals surface area contributed by atoms with Gasteiger partial charge in [-0.1, -0.05) is 113 Å². The number of unbranched alkanes of at least 4 members (excludes halogenated alkanes) is 11. The molecule has 3 aromatic rings. The van der Waals surface area contributed by atoms with Gasteiger partial charge in [0.1, 0.15) is 0 Å². The van der Waals surface area contributed by atoms with Crippen LogP contribution in [0.5, 0.6) is 11.5 Å². The van der Waals surface area contributed by atoms with Crippen LogP contribution in [-0.2, 0) is 6.54 Å². The molecule has 0 saturated carbocycles. The molecule has 0 unspecified atom stereocenters. The zero-order chi connectivity index (χ0) is 26.8. The lowest BCUT2D eigenvalue weighted by Gasteiger charge is -2.16. The van der Waals surface area contributed by atoms with E-state index in [4.69, 9.17) is 9.47 Å². The van der Waals surface area contributed by atoms with Gasteiger partial charge in [0.2, 0.25) is 5.51 Å². The van der Waals surface area contributed by atoms with Gasteiger partial charge in [0, 0.05) is 11.1 Å². The molecule has 1 amide bonds. The molecule has 0 aliphatic heterocycles. The van der Waals surface area contributed by atoms with E-state index in [-0.39, 0.29) is 5.91 Å². The molecule has 206 valence electrons. The van der Waals surface area contributed by atoms with Crippen molar-refractivity contribution in [3.8, 4) is 11.5 Å². The van der Waals surface area contributed by atoms with Gasteiger partial charge in [0.15, 0.2) is 24.2 Å². The first-order chi connectivity index (χ1) is 18.7. The number of nitrogens with one attached hydrogen (secondary N) is 1. The second-order valence-corrected chi connectivity index (χ2v) is 10.6. The SMILES string of the molecule is CCCCCCCCCCCCCCOc1c(NC(=O)c2ccccc2C[n+]2ccsc2)cccc1OC. The Bertz CT molecular complexity index is 1070. The van der Waals surface area contributed by atoms with Crippen molar-refractivity contribution in [1.29, 1.82) is 0 Å². The molecular weight excluding hydrogens is 492 g/mol. The topological polar surface area (TPSA) is 51.4 Å². The number of ether oxygens (including phenoxy) is 2. The van der Waals surface area contributed by atoms with Crippen molar-refractivity contribution in [2.75, 3.05) is 19.0 Å². The zero-order valence-electron chi connectivity index (χ0n) is 23.3. The van der Waals surface area contributed by atoms with E-state index in [0.29, 0.717) is 35.9 Å². The van der Waals surface area contributed by atoms with Crippen molar-refractivity contribution in [3.05, 3.63) is 70.7 Å². The number of nitrogens with zero attached hydrogens (tertiary/aromatic N) is 1. The third kappa shape index (κ3) is 10.1. The summed E-state index contributed by atoms with van der Waals surface area (Å²) in [5.74, 6) is 1.07. The predicted octanol–water partition coefficient (Wildman–Crippen LogP) is 8.42. The van der Waals surface area contributed by atoms with Crippen molar-refractivity contribution >= 4 is 22.9 Å². The molecule has 6 heteroatoms. The maximum atomic E-state index is 13.3. The number of hydrogen-bond donors (Lipinski definition) is 1. The van der Waals surface area contributed by atoms with Gasteiger partial charge in [-0.05, 0) is 24.6 Å². The molecule has 0 fully saturated rings. The van der Waals surface area contributed by atoms with Crippen LogP contribution in [0.25, 0.3) is 0 Å². The summed E-state index contributed by atoms with van der Waals surface area (Å²) in [6.45, 7) is 3.52. The van der Waals surface area contributed by atoms with Crippen molar-refractivity contribution in [3.63, 3.8) is 0 Å². The third-order valence-corrected chi connectivity index (χ3v) is 7.50. The number of anilines is 1. The van der Waals surface area contributed by atoms with Crippen LogP contribution in [0.4, 0.5) is 5.69 Å². The number of carbonyl (C=O) groups is 1. The average molecular weight is 538 g/mol. The predicted molar refractivity (Wildman–Crippen MR) is 158 cm³/mol. The molecule has 2 aromatic carbocycles. The fourth-order valence-corrected chi connectivity index (χ4v) is 5.26. The maximum absolute atomic E-state index is 13.3. The van der Waals surface area contributed by atoms with Crippen LogP contribution < -0.4 is 19.4 Å². The Kier molecular flexibility index (Phi) is 13.8. The highest BCUT2D eigenvalue weighted by molar-refractivity contribution is 7.07. The number of methoxy groups -OCH3 is 1. The van der Waals surface area contributed by atoms with Crippen LogP contribution >= 0.6 is 11.3 Å². The molecule has 0 atom stereocenters. The van der Waals surface area contributed by atoms with Crippen molar-refractivity contribution in [2.24, 2.45) is 0 Å². The number of hydrogen-bond acceptors (Lipinski definition) is 4. The van der Waals surface area contributed by atoms with Crippen LogP contribution in [0, 0.1) is 0 Å². The Balaban J connectivity index is 1.45. The van der Waals surface area contributed by atoms with Gasteiger partial charge in [-0.2, -0.15) is 4.57 Å². The summed E-state index contributed by atoms with van der Waals surface area (Å²) < 4.78 is 13.8. The third-order valence-electron chi connectivity index (χ3n) is 6.83. The highest BCUT2D eigenvalue weighted by atomic mass is 32.1. The summed E-state index contributed by atoms with van der Waals surface area (Å²) in [7, 11) is 1.63. The van der Waals surface area contributed by atoms with E-state index >= 15 is 0 Å². The molecule has 0 radical (unpaired) electrons. The molecule has 0 bridgehead atoms. The van der Waals surface area contributed by atoms with E-state index in [1.165, 1.54) is 64.2 Å². The Hall–Kier alpha value is -2.86. The number of rotatable bonds is 19. The van der Waals surface area contributed by atoms with Gasteiger partial charge in [-0.15, -0.1) is 0 Å². The second-order valence-electron chi connectivity index (χ2n) is 9.88. The fourth-order valence-electron chi connectivity index (χ4n) is 4.66. The first-order valence-corrected chi connectivity index (χ1v) is 15.3. The summed E-state index contributed by atoms with van der Waals surface area (Å²) in [6, 6.07) is 13.3. The average Bonchev–Trinajstić information content (AvgIpc) is 3.45.